The van der Waals surface area contributed by atoms with Crippen LogP contribution in [0.4, 0.5) is 0 Å². The number of rotatable bonds is 7. The minimum atomic E-state index is 1.11. The third-order valence-corrected chi connectivity index (χ3v) is 1.76. The molecule has 0 heterocycles. The average Bonchev–Trinajstić information content (AvgIpc) is 2.18. The monoisotopic (exact) mass is 188 g/mol. The quantitative estimate of drug-likeness (QED) is 0.660. The van der Waals surface area contributed by atoms with Crippen molar-refractivity contribution < 1.29 is 0 Å². The second kappa shape index (κ2) is 14.4. The smallest absolute Gasteiger partial charge is 0.0107 e. The Balaban J connectivity index is 0. The van der Waals surface area contributed by atoms with Gasteiger partial charge in [-0.15, -0.1) is 0 Å². The fourth-order valence-electron chi connectivity index (χ4n) is 1.24. The van der Waals surface area contributed by atoms with E-state index in [1.165, 1.54) is 32.5 Å². The van der Waals surface area contributed by atoms with E-state index in [-0.39, 0.29) is 0 Å². The third-order valence-electron chi connectivity index (χ3n) is 1.76. The summed E-state index contributed by atoms with van der Waals surface area (Å²) in [6.45, 7) is 13.3. The van der Waals surface area contributed by atoms with Crippen LogP contribution >= 0.6 is 0 Å². The summed E-state index contributed by atoms with van der Waals surface area (Å²) in [5, 5.41) is 3.17. The predicted molar refractivity (Wildman–Crippen MR) is 62.3 cm³/mol. The lowest BCUT2D eigenvalue weighted by Crippen LogP contribution is -2.32. The van der Waals surface area contributed by atoms with E-state index >= 15 is 0 Å². The molecule has 0 saturated carbocycles. The van der Waals surface area contributed by atoms with Crippen molar-refractivity contribution >= 4 is 0 Å². The Kier molecular flexibility index (Phi) is 17.1. The van der Waals surface area contributed by atoms with E-state index in [1.54, 1.807) is 0 Å². The second-order valence-corrected chi connectivity index (χ2v) is 2.95. The average molecular weight is 188 g/mol. The maximum absolute atomic E-state index is 3.17. The zero-order valence-electron chi connectivity index (χ0n) is 10.2. The van der Waals surface area contributed by atoms with Gasteiger partial charge in [0.15, 0.2) is 0 Å². The molecule has 2 nitrogen and oxygen atoms in total. The summed E-state index contributed by atoms with van der Waals surface area (Å²) >= 11 is 0. The number of nitrogens with zero attached hydrogens (tertiary/aromatic N) is 1. The van der Waals surface area contributed by atoms with Crippen LogP contribution in [-0.4, -0.2) is 38.1 Å². The molecular weight excluding hydrogens is 160 g/mol. The molecule has 0 rings (SSSR count). The molecular formula is C11H28N2. The molecule has 0 aromatic heterocycles. The van der Waals surface area contributed by atoms with Gasteiger partial charge in [0.1, 0.15) is 0 Å². The van der Waals surface area contributed by atoms with Gasteiger partial charge >= 0.3 is 0 Å². The zero-order valence-corrected chi connectivity index (χ0v) is 10.2. The molecule has 2 heteroatoms. The van der Waals surface area contributed by atoms with Crippen molar-refractivity contribution in [2.45, 2.75) is 40.5 Å². The van der Waals surface area contributed by atoms with Crippen LogP contribution in [0.1, 0.15) is 40.5 Å². The van der Waals surface area contributed by atoms with Crippen molar-refractivity contribution in [2.75, 3.05) is 33.2 Å². The van der Waals surface area contributed by atoms with E-state index in [4.69, 9.17) is 0 Å². The summed E-state index contributed by atoms with van der Waals surface area (Å²) in [6, 6.07) is 0. The first-order valence-electron chi connectivity index (χ1n) is 5.72. The van der Waals surface area contributed by atoms with Crippen molar-refractivity contribution in [1.29, 1.82) is 0 Å². The fraction of sp³-hybridized carbons (Fsp3) is 1.00. The molecule has 1 N–H and O–H groups in total. The number of nitrogens with one attached hydrogen (secondary N) is 1. The molecule has 0 aliphatic heterocycles. The summed E-state index contributed by atoms with van der Waals surface area (Å²) < 4.78 is 0. The van der Waals surface area contributed by atoms with Gasteiger partial charge in [-0.2, -0.15) is 0 Å². The highest BCUT2D eigenvalue weighted by atomic mass is 15.1. The summed E-state index contributed by atoms with van der Waals surface area (Å²) in [5.41, 5.74) is 0. The van der Waals surface area contributed by atoms with Crippen LogP contribution < -0.4 is 5.32 Å². The molecule has 0 unspecified atom stereocenters. The lowest BCUT2D eigenvalue weighted by Gasteiger charge is -2.20. The van der Waals surface area contributed by atoms with Crippen LogP contribution in [-0.2, 0) is 0 Å². The Morgan fingerprint density at radius 3 is 1.69 bits per heavy atom. The molecule has 13 heavy (non-hydrogen) atoms. The van der Waals surface area contributed by atoms with Crippen molar-refractivity contribution in [2.24, 2.45) is 0 Å². The third kappa shape index (κ3) is 11.9. The summed E-state index contributed by atoms with van der Waals surface area (Å²) in [7, 11) is 2.01. The van der Waals surface area contributed by atoms with E-state index in [2.05, 4.69) is 24.1 Å². The number of hydrogen-bond acceptors (Lipinski definition) is 2. The molecule has 0 aliphatic rings. The van der Waals surface area contributed by atoms with E-state index in [0.29, 0.717) is 0 Å². The summed E-state index contributed by atoms with van der Waals surface area (Å²) in [5.74, 6) is 0. The van der Waals surface area contributed by atoms with E-state index in [0.717, 1.165) is 6.54 Å². The topological polar surface area (TPSA) is 15.3 Å². The first-order chi connectivity index (χ1) is 6.35. The first-order valence-corrected chi connectivity index (χ1v) is 5.72. The van der Waals surface area contributed by atoms with Crippen molar-refractivity contribution in [3.63, 3.8) is 0 Å². The van der Waals surface area contributed by atoms with Crippen LogP contribution in [0.15, 0.2) is 0 Å². The summed E-state index contributed by atoms with van der Waals surface area (Å²) in [6.07, 6.45) is 2.54. The highest BCUT2D eigenvalue weighted by molar-refractivity contribution is 4.56. The van der Waals surface area contributed by atoms with E-state index < -0.39 is 0 Å². The van der Waals surface area contributed by atoms with Crippen molar-refractivity contribution in [3.8, 4) is 0 Å². The Hall–Kier alpha value is -0.0800. The molecule has 0 bridgehead atoms. The standard InChI is InChI=1S/C9H22N2.C2H6/c1-4-7-11(8-5-2)9-6-10-3;1-2/h10H,4-9H2,1-3H3;1-2H3. The van der Waals surface area contributed by atoms with Crippen molar-refractivity contribution in [3.05, 3.63) is 0 Å². The molecule has 0 spiro atoms. The van der Waals surface area contributed by atoms with Gasteiger partial charge in [0.2, 0.25) is 0 Å². The number of likely N-dealkylation sites (N-methyl/N-ethyl adjacent to an activating group) is 1. The highest BCUT2D eigenvalue weighted by Gasteiger charge is 1.99. The molecule has 0 aliphatic carbocycles. The van der Waals surface area contributed by atoms with Crippen molar-refractivity contribution in [1.82, 2.24) is 10.2 Å². The van der Waals surface area contributed by atoms with Crippen LogP contribution in [0.3, 0.4) is 0 Å². The largest absolute Gasteiger partial charge is 0.318 e. The van der Waals surface area contributed by atoms with Crippen LogP contribution in [0, 0.1) is 0 Å². The van der Waals surface area contributed by atoms with Gasteiger partial charge < -0.3 is 10.2 Å². The second-order valence-electron chi connectivity index (χ2n) is 2.95. The molecule has 0 fully saturated rings. The van der Waals surface area contributed by atoms with Gasteiger partial charge in [0.25, 0.3) is 0 Å². The Bertz CT molecular complexity index is 68.5. The fourth-order valence-corrected chi connectivity index (χ4v) is 1.24. The van der Waals surface area contributed by atoms with Gasteiger partial charge in [0, 0.05) is 13.1 Å². The number of hydrogen-bond donors (Lipinski definition) is 1. The molecule has 0 atom stereocenters. The Labute approximate surface area is 84.7 Å². The minimum Gasteiger partial charge on any atom is -0.318 e. The SMILES string of the molecule is CC.CCCN(CCC)CCNC. The summed E-state index contributed by atoms with van der Waals surface area (Å²) in [4.78, 5) is 2.51. The Morgan fingerprint density at radius 2 is 1.38 bits per heavy atom. The van der Waals surface area contributed by atoms with Gasteiger partial charge in [0.05, 0.1) is 0 Å². The molecule has 0 radical (unpaired) electrons. The lowest BCUT2D eigenvalue weighted by molar-refractivity contribution is 0.276. The minimum absolute atomic E-state index is 1.11. The van der Waals surface area contributed by atoms with Gasteiger partial charge in [-0.05, 0) is 33.0 Å². The maximum atomic E-state index is 3.17. The van der Waals surface area contributed by atoms with E-state index in [9.17, 15) is 0 Å². The predicted octanol–water partition coefficient (Wildman–Crippen LogP) is 2.35. The van der Waals surface area contributed by atoms with Crippen LogP contribution in [0.25, 0.3) is 0 Å². The van der Waals surface area contributed by atoms with Gasteiger partial charge in [-0.3, -0.25) is 0 Å². The molecule has 0 saturated heterocycles. The molecule has 0 aromatic carbocycles. The van der Waals surface area contributed by atoms with Crippen LogP contribution in [0.2, 0.25) is 0 Å². The van der Waals surface area contributed by atoms with E-state index in [1.807, 2.05) is 20.9 Å². The molecule has 0 aromatic rings. The first kappa shape index (κ1) is 15.4. The normalized spacial score (nSPS) is 9.69. The Morgan fingerprint density at radius 1 is 0.923 bits per heavy atom. The lowest BCUT2D eigenvalue weighted by atomic mass is 10.3. The molecule has 82 valence electrons. The maximum Gasteiger partial charge on any atom is 0.0107 e. The molecule has 0 amide bonds. The van der Waals surface area contributed by atoms with Gasteiger partial charge in [-0.25, -0.2) is 0 Å². The van der Waals surface area contributed by atoms with Crippen LogP contribution in [0.5, 0.6) is 0 Å². The zero-order chi connectivity index (χ0) is 10.5. The van der Waals surface area contributed by atoms with Gasteiger partial charge in [-0.1, -0.05) is 27.7 Å². The highest BCUT2D eigenvalue weighted by Crippen LogP contribution is 1.92.